The van der Waals surface area contributed by atoms with Crippen LogP contribution in [0.5, 0.6) is 0 Å². The summed E-state index contributed by atoms with van der Waals surface area (Å²) in [4.78, 5) is 12.8. The molecule has 4 atom stereocenters. The maximum Gasteiger partial charge on any atom is 0.193 e. The maximum atomic E-state index is 6.06. The Morgan fingerprint density at radius 2 is 2.13 bits per heavy atom. The number of aliphatic imine (C=N–C) groups is 1. The van der Waals surface area contributed by atoms with Crippen molar-refractivity contribution in [2.45, 2.75) is 44.8 Å². The van der Waals surface area contributed by atoms with Crippen LogP contribution in [-0.4, -0.2) is 54.7 Å². The van der Waals surface area contributed by atoms with E-state index in [2.05, 4.69) is 27.1 Å². The zero-order chi connectivity index (χ0) is 15.8. The van der Waals surface area contributed by atoms with E-state index < -0.39 is 0 Å². The second-order valence-corrected chi connectivity index (χ2v) is 8.02. The molecule has 3 fully saturated rings. The minimum Gasteiger partial charge on any atom is -0.374 e. The molecule has 2 bridgehead atoms. The van der Waals surface area contributed by atoms with Gasteiger partial charge in [0.15, 0.2) is 5.96 Å². The zero-order valence-electron chi connectivity index (χ0n) is 14.0. The highest BCUT2D eigenvalue weighted by Crippen LogP contribution is 2.47. The van der Waals surface area contributed by atoms with Crippen LogP contribution in [0.2, 0.25) is 0 Å². The van der Waals surface area contributed by atoms with Gasteiger partial charge in [0.1, 0.15) is 0 Å². The van der Waals surface area contributed by atoms with E-state index in [9.17, 15) is 0 Å². The lowest BCUT2D eigenvalue weighted by Crippen LogP contribution is -2.42. The molecule has 1 N–H and O–H groups in total. The summed E-state index contributed by atoms with van der Waals surface area (Å²) in [6.07, 6.45) is 7.59. The molecular formula is C17H26N4OS. The van der Waals surface area contributed by atoms with Gasteiger partial charge >= 0.3 is 0 Å². The van der Waals surface area contributed by atoms with Gasteiger partial charge in [0.2, 0.25) is 0 Å². The molecule has 3 aliphatic heterocycles. The van der Waals surface area contributed by atoms with Crippen LogP contribution in [0.25, 0.3) is 0 Å². The molecule has 0 saturated carbocycles. The molecule has 0 radical (unpaired) electrons. The standard InChI is InChI=1S/C17H26N4OS/c1-3-11-8-20-16(23-11)6-7-19-17(18-2)21-9-12-13(10-21)15-5-4-14(12)22-15/h8,12-15H,3-7,9-10H2,1-2H3,(H,18,19). The molecule has 1 aromatic rings. The average Bonchev–Trinajstić information content (AvgIpc) is 3.32. The van der Waals surface area contributed by atoms with Crippen molar-refractivity contribution in [2.24, 2.45) is 16.8 Å². The molecular weight excluding hydrogens is 308 g/mol. The van der Waals surface area contributed by atoms with Gasteiger partial charge in [-0.05, 0) is 19.3 Å². The summed E-state index contributed by atoms with van der Waals surface area (Å²) in [6.45, 7) is 5.28. The molecule has 0 spiro atoms. The van der Waals surface area contributed by atoms with E-state index in [0.29, 0.717) is 12.2 Å². The summed E-state index contributed by atoms with van der Waals surface area (Å²) in [5.41, 5.74) is 0. The Hall–Kier alpha value is -1.14. The molecule has 4 rings (SSSR count). The highest BCUT2D eigenvalue weighted by molar-refractivity contribution is 7.11. The summed E-state index contributed by atoms with van der Waals surface area (Å²) in [5, 5.41) is 4.75. The average molecular weight is 334 g/mol. The van der Waals surface area contributed by atoms with Crippen molar-refractivity contribution in [3.63, 3.8) is 0 Å². The van der Waals surface area contributed by atoms with Gasteiger partial charge in [-0.15, -0.1) is 11.3 Å². The summed E-state index contributed by atoms with van der Waals surface area (Å²) >= 11 is 1.83. The van der Waals surface area contributed by atoms with Gasteiger partial charge in [-0.3, -0.25) is 4.99 Å². The molecule has 6 heteroatoms. The van der Waals surface area contributed by atoms with Crippen LogP contribution in [-0.2, 0) is 17.6 Å². The molecule has 23 heavy (non-hydrogen) atoms. The second kappa shape index (κ2) is 6.40. The van der Waals surface area contributed by atoms with E-state index >= 15 is 0 Å². The Balaban J connectivity index is 1.30. The van der Waals surface area contributed by atoms with Gasteiger partial charge in [-0.1, -0.05) is 6.92 Å². The van der Waals surface area contributed by atoms with Crippen LogP contribution in [0.4, 0.5) is 0 Å². The highest BCUT2D eigenvalue weighted by Gasteiger charge is 2.53. The fraction of sp³-hybridized carbons (Fsp3) is 0.765. The highest BCUT2D eigenvalue weighted by atomic mass is 32.1. The molecule has 0 amide bonds. The Labute approximate surface area is 142 Å². The topological polar surface area (TPSA) is 49.8 Å². The minimum absolute atomic E-state index is 0.510. The van der Waals surface area contributed by atoms with Crippen molar-refractivity contribution < 1.29 is 4.74 Å². The van der Waals surface area contributed by atoms with Crippen molar-refractivity contribution >= 4 is 17.3 Å². The van der Waals surface area contributed by atoms with Crippen molar-refractivity contribution in [2.75, 3.05) is 26.7 Å². The summed E-state index contributed by atoms with van der Waals surface area (Å²) < 4.78 is 6.06. The number of ether oxygens (including phenoxy) is 1. The largest absolute Gasteiger partial charge is 0.374 e. The SMILES string of the molecule is CCc1cnc(CCNC(=NC)N2CC3C4CCC(O4)C3C2)s1. The van der Waals surface area contributed by atoms with E-state index in [1.165, 1.54) is 22.7 Å². The first kappa shape index (κ1) is 15.4. The predicted octanol–water partition coefficient (Wildman–Crippen LogP) is 1.93. The van der Waals surface area contributed by atoms with Gasteiger partial charge in [-0.25, -0.2) is 4.98 Å². The third-order valence-electron chi connectivity index (χ3n) is 5.54. The number of aryl methyl sites for hydroxylation is 1. The van der Waals surface area contributed by atoms with Gasteiger partial charge in [0.25, 0.3) is 0 Å². The Morgan fingerprint density at radius 1 is 1.39 bits per heavy atom. The number of nitrogens with one attached hydrogen (secondary N) is 1. The molecule has 4 unspecified atom stereocenters. The lowest BCUT2D eigenvalue weighted by Gasteiger charge is -2.23. The van der Waals surface area contributed by atoms with E-state index in [4.69, 9.17) is 4.74 Å². The number of fused-ring (bicyclic) bond motifs is 5. The molecule has 126 valence electrons. The Kier molecular flexibility index (Phi) is 4.28. The van der Waals surface area contributed by atoms with Crippen LogP contribution in [0.15, 0.2) is 11.2 Å². The lowest BCUT2D eigenvalue weighted by molar-refractivity contribution is 0.0767. The normalized spacial score (nSPS) is 32.6. The maximum absolute atomic E-state index is 6.06. The number of hydrogen-bond acceptors (Lipinski definition) is 4. The van der Waals surface area contributed by atoms with Gasteiger partial charge in [0.05, 0.1) is 17.2 Å². The number of thiazole rings is 1. The number of nitrogens with zero attached hydrogens (tertiary/aromatic N) is 3. The van der Waals surface area contributed by atoms with Crippen LogP contribution < -0.4 is 5.32 Å². The Morgan fingerprint density at radius 3 is 2.74 bits per heavy atom. The minimum atomic E-state index is 0.510. The van der Waals surface area contributed by atoms with Crippen molar-refractivity contribution in [3.05, 3.63) is 16.1 Å². The first-order chi connectivity index (χ1) is 11.3. The summed E-state index contributed by atoms with van der Waals surface area (Å²) in [5.74, 6) is 2.49. The van der Waals surface area contributed by atoms with Crippen molar-refractivity contribution in [1.29, 1.82) is 0 Å². The van der Waals surface area contributed by atoms with Crippen LogP contribution in [0, 0.1) is 11.8 Å². The van der Waals surface area contributed by atoms with Crippen molar-refractivity contribution in [1.82, 2.24) is 15.2 Å². The molecule has 4 heterocycles. The van der Waals surface area contributed by atoms with E-state index in [1.54, 1.807) is 0 Å². The molecule has 3 aliphatic rings. The smallest absolute Gasteiger partial charge is 0.193 e. The van der Waals surface area contributed by atoms with Gasteiger partial charge in [0, 0.05) is 56.0 Å². The summed E-state index contributed by atoms with van der Waals surface area (Å²) in [6, 6.07) is 0. The van der Waals surface area contributed by atoms with Crippen LogP contribution in [0.1, 0.15) is 29.7 Å². The monoisotopic (exact) mass is 334 g/mol. The summed E-state index contributed by atoms with van der Waals surface area (Å²) in [7, 11) is 1.89. The van der Waals surface area contributed by atoms with Crippen LogP contribution >= 0.6 is 11.3 Å². The van der Waals surface area contributed by atoms with Crippen molar-refractivity contribution in [3.8, 4) is 0 Å². The zero-order valence-corrected chi connectivity index (χ0v) is 14.8. The van der Waals surface area contributed by atoms with Gasteiger partial charge < -0.3 is 15.0 Å². The quantitative estimate of drug-likeness (QED) is 0.675. The fourth-order valence-electron chi connectivity index (χ4n) is 4.37. The second-order valence-electron chi connectivity index (χ2n) is 6.82. The van der Waals surface area contributed by atoms with E-state index in [1.807, 2.05) is 24.6 Å². The predicted molar refractivity (Wildman–Crippen MR) is 93.0 cm³/mol. The number of hydrogen-bond donors (Lipinski definition) is 1. The van der Waals surface area contributed by atoms with E-state index in [0.717, 1.165) is 50.3 Å². The number of rotatable bonds is 4. The molecule has 5 nitrogen and oxygen atoms in total. The number of aromatic nitrogens is 1. The third kappa shape index (κ3) is 2.87. The first-order valence-electron chi connectivity index (χ1n) is 8.83. The molecule has 0 aliphatic carbocycles. The fourth-order valence-corrected chi connectivity index (χ4v) is 5.24. The third-order valence-corrected chi connectivity index (χ3v) is 6.74. The van der Waals surface area contributed by atoms with Crippen LogP contribution in [0.3, 0.4) is 0 Å². The van der Waals surface area contributed by atoms with Gasteiger partial charge in [-0.2, -0.15) is 0 Å². The Bertz CT molecular complexity index is 569. The first-order valence-corrected chi connectivity index (χ1v) is 9.64. The molecule has 3 saturated heterocycles. The number of likely N-dealkylation sites (tertiary alicyclic amines) is 1. The van der Waals surface area contributed by atoms with E-state index in [-0.39, 0.29) is 0 Å². The molecule has 1 aromatic heterocycles. The lowest BCUT2D eigenvalue weighted by atomic mass is 9.82. The number of guanidine groups is 1. The molecule has 0 aromatic carbocycles.